The molecule has 1 fully saturated rings. The summed E-state index contributed by atoms with van der Waals surface area (Å²) in [6.07, 6.45) is 9.94. The number of aliphatic imine (C=N–C) groups is 1. The van der Waals surface area contributed by atoms with Gasteiger partial charge in [0.05, 0.1) is 6.26 Å². The molecule has 2 N–H and O–H groups in total. The molecule has 1 aliphatic carbocycles. The van der Waals surface area contributed by atoms with Gasteiger partial charge in [0.1, 0.15) is 5.76 Å². The molecule has 21 heavy (non-hydrogen) atoms. The van der Waals surface area contributed by atoms with Gasteiger partial charge in [-0.2, -0.15) is 11.8 Å². The maximum atomic E-state index is 5.34. The van der Waals surface area contributed by atoms with Gasteiger partial charge in [-0.25, -0.2) is 0 Å². The lowest BCUT2D eigenvalue weighted by molar-refractivity contribution is 0.419. The van der Waals surface area contributed by atoms with Crippen molar-refractivity contribution in [1.82, 2.24) is 10.6 Å². The van der Waals surface area contributed by atoms with Gasteiger partial charge in [0.15, 0.2) is 5.96 Å². The van der Waals surface area contributed by atoms with Gasteiger partial charge >= 0.3 is 0 Å². The van der Waals surface area contributed by atoms with Crippen LogP contribution in [-0.4, -0.2) is 36.6 Å². The van der Waals surface area contributed by atoms with Crippen LogP contribution >= 0.6 is 11.8 Å². The summed E-state index contributed by atoms with van der Waals surface area (Å²) in [5.74, 6) is 1.94. The van der Waals surface area contributed by atoms with E-state index in [-0.39, 0.29) is 0 Å². The maximum absolute atomic E-state index is 5.34. The second-order valence-electron chi connectivity index (χ2n) is 5.46. The van der Waals surface area contributed by atoms with Crippen LogP contribution in [0.15, 0.2) is 27.8 Å². The minimum absolute atomic E-state index is 0.553. The smallest absolute Gasteiger partial charge is 0.191 e. The molecule has 0 bridgehead atoms. The number of nitrogens with zero attached hydrogens (tertiary/aromatic N) is 1. The van der Waals surface area contributed by atoms with Crippen molar-refractivity contribution in [2.24, 2.45) is 4.99 Å². The summed E-state index contributed by atoms with van der Waals surface area (Å²) in [5, 5.41) is 7.73. The van der Waals surface area contributed by atoms with Crippen molar-refractivity contribution in [3.8, 4) is 0 Å². The molecule has 1 aromatic rings. The Morgan fingerprint density at radius 3 is 3.10 bits per heavy atom. The third kappa shape index (κ3) is 5.65. The zero-order valence-corrected chi connectivity index (χ0v) is 13.9. The second-order valence-corrected chi connectivity index (χ2v) is 6.59. The fourth-order valence-electron chi connectivity index (χ4n) is 2.74. The van der Waals surface area contributed by atoms with Crippen LogP contribution in [0.2, 0.25) is 0 Å². The average molecular weight is 309 g/mol. The van der Waals surface area contributed by atoms with Gasteiger partial charge < -0.3 is 15.1 Å². The molecule has 4 nitrogen and oxygen atoms in total. The molecule has 1 heterocycles. The topological polar surface area (TPSA) is 49.6 Å². The van der Waals surface area contributed by atoms with E-state index in [1.165, 1.54) is 25.7 Å². The van der Waals surface area contributed by atoms with E-state index < -0.39 is 0 Å². The Bertz CT molecular complexity index is 419. The predicted octanol–water partition coefficient (Wildman–Crippen LogP) is 3.05. The highest BCUT2D eigenvalue weighted by Gasteiger charge is 2.21. The van der Waals surface area contributed by atoms with Crippen molar-refractivity contribution in [3.63, 3.8) is 0 Å². The first-order valence-corrected chi connectivity index (χ1v) is 9.20. The Hall–Kier alpha value is -1.10. The second kappa shape index (κ2) is 9.03. The predicted molar refractivity (Wildman–Crippen MR) is 91.1 cm³/mol. The van der Waals surface area contributed by atoms with E-state index in [1.807, 2.05) is 23.9 Å². The van der Waals surface area contributed by atoms with Crippen LogP contribution < -0.4 is 10.6 Å². The SMILES string of the molecule is CCNC(=NCCc1ccco1)NC1CCCC(SC)C1. The maximum Gasteiger partial charge on any atom is 0.191 e. The van der Waals surface area contributed by atoms with E-state index in [9.17, 15) is 0 Å². The third-order valence-electron chi connectivity index (χ3n) is 3.85. The molecule has 2 rings (SSSR count). The summed E-state index contributed by atoms with van der Waals surface area (Å²) in [4.78, 5) is 4.66. The van der Waals surface area contributed by atoms with Gasteiger partial charge in [-0.15, -0.1) is 0 Å². The highest BCUT2D eigenvalue weighted by Crippen LogP contribution is 2.26. The lowest BCUT2D eigenvalue weighted by Crippen LogP contribution is -2.45. The lowest BCUT2D eigenvalue weighted by Gasteiger charge is -2.29. The van der Waals surface area contributed by atoms with E-state index in [0.717, 1.165) is 36.5 Å². The number of hydrogen-bond donors (Lipinski definition) is 2. The number of furan rings is 1. The molecule has 2 unspecified atom stereocenters. The van der Waals surface area contributed by atoms with Crippen molar-refractivity contribution >= 4 is 17.7 Å². The molecule has 1 saturated carbocycles. The number of nitrogens with one attached hydrogen (secondary N) is 2. The van der Waals surface area contributed by atoms with Crippen molar-refractivity contribution in [1.29, 1.82) is 0 Å². The normalized spacial score (nSPS) is 23.0. The summed E-state index contributed by atoms with van der Waals surface area (Å²) in [7, 11) is 0. The minimum Gasteiger partial charge on any atom is -0.469 e. The van der Waals surface area contributed by atoms with Crippen LogP contribution in [0.3, 0.4) is 0 Å². The average Bonchev–Trinajstić information content (AvgIpc) is 3.01. The molecule has 0 aliphatic heterocycles. The standard InChI is InChI=1S/C16H27N3OS/c1-3-17-16(18-10-9-14-7-5-11-20-14)19-13-6-4-8-15(12-13)21-2/h5,7,11,13,15H,3-4,6,8-10,12H2,1-2H3,(H2,17,18,19). The van der Waals surface area contributed by atoms with E-state index in [1.54, 1.807) is 6.26 Å². The lowest BCUT2D eigenvalue weighted by atomic mass is 9.95. The Kier molecular flexibility index (Phi) is 7.00. The van der Waals surface area contributed by atoms with Crippen LogP contribution in [0.4, 0.5) is 0 Å². The zero-order valence-electron chi connectivity index (χ0n) is 13.1. The van der Waals surface area contributed by atoms with Crippen molar-refractivity contribution < 1.29 is 4.42 Å². The summed E-state index contributed by atoms with van der Waals surface area (Å²) < 4.78 is 5.34. The van der Waals surface area contributed by atoms with E-state index >= 15 is 0 Å². The number of rotatable bonds is 6. The molecule has 5 heteroatoms. The van der Waals surface area contributed by atoms with Gasteiger partial charge in [-0.1, -0.05) is 6.42 Å². The summed E-state index contributed by atoms with van der Waals surface area (Å²) in [6, 6.07) is 4.48. The molecular weight excluding hydrogens is 282 g/mol. The zero-order chi connectivity index (χ0) is 14.9. The first-order chi connectivity index (χ1) is 10.3. The minimum atomic E-state index is 0.553. The fourth-order valence-corrected chi connectivity index (χ4v) is 3.56. The Morgan fingerprint density at radius 2 is 2.38 bits per heavy atom. The van der Waals surface area contributed by atoms with Crippen molar-refractivity contribution in [2.75, 3.05) is 19.3 Å². The molecule has 118 valence electrons. The fraction of sp³-hybridized carbons (Fsp3) is 0.688. The molecule has 1 aromatic heterocycles. The van der Waals surface area contributed by atoms with Gasteiger partial charge in [0, 0.05) is 30.8 Å². The molecule has 2 atom stereocenters. The van der Waals surface area contributed by atoms with Crippen molar-refractivity contribution in [2.45, 2.75) is 50.3 Å². The first kappa shape index (κ1) is 16.3. The van der Waals surface area contributed by atoms with Crippen LogP contribution in [0, 0.1) is 0 Å². The van der Waals surface area contributed by atoms with Gasteiger partial charge in [0.25, 0.3) is 0 Å². The number of guanidine groups is 1. The highest BCUT2D eigenvalue weighted by molar-refractivity contribution is 7.99. The third-order valence-corrected chi connectivity index (χ3v) is 4.95. The molecule has 0 aromatic carbocycles. The molecule has 0 saturated heterocycles. The summed E-state index contributed by atoms with van der Waals surface area (Å²) >= 11 is 1.99. The monoisotopic (exact) mass is 309 g/mol. The van der Waals surface area contributed by atoms with Crippen LogP contribution in [0.25, 0.3) is 0 Å². The van der Waals surface area contributed by atoms with Crippen LogP contribution in [0.1, 0.15) is 38.4 Å². The molecule has 0 amide bonds. The van der Waals surface area contributed by atoms with E-state index in [4.69, 9.17) is 4.42 Å². The van der Waals surface area contributed by atoms with Crippen LogP contribution in [0.5, 0.6) is 0 Å². The molecule has 1 aliphatic rings. The molecular formula is C16H27N3OS. The van der Waals surface area contributed by atoms with Gasteiger partial charge in [-0.3, -0.25) is 4.99 Å². The number of hydrogen-bond acceptors (Lipinski definition) is 3. The quantitative estimate of drug-likeness (QED) is 0.626. The Morgan fingerprint density at radius 1 is 1.48 bits per heavy atom. The van der Waals surface area contributed by atoms with Gasteiger partial charge in [0.2, 0.25) is 0 Å². The largest absolute Gasteiger partial charge is 0.469 e. The summed E-state index contributed by atoms with van der Waals surface area (Å²) in [6.45, 7) is 3.75. The number of thioether (sulfide) groups is 1. The first-order valence-electron chi connectivity index (χ1n) is 7.91. The Balaban J connectivity index is 1.82. The highest BCUT2D eigenvalue weighted by atomic mass is 32.2. The van der Waals surface area contributed by atoms with E-state index in [0.29, 0.717) is 6.04 Å². The summed E-state index contributed by atoms with van der Waals surface area (Å²) in [5.41, 5.74) is 0. The van der Waals surface area contributed by atoms with Crippen molar-refractivity contribution in [3.05, 3.63) is 24.2 Å². The van der Waals surface area contributed by atoms with Crippen LogP contribution in [-0.2, 0) is 6.42 Å². The van der Waals surface area contributed by atoms with E-state index in [2.05, 4.69) is 28.8 Å². The molecule has 0 spiro atoms. The molecule has 0 radical (unpaired) electrons. The van der Waals surface area contributed by atoms with Gasteiger partial charge in [-0.05, 0) is 44.6 Å². The Labute approximate surface area is 132 Å².